The van der Waals surface area contributed by atoms with Crippen molar-refractivity contribution in [1.82, 2.24) is 0 Å². The Labute approximate surface area is 92.1 Å². The molecule has 1 atom stereocenters. The van der Waals surface area contributed by atoms with Gasteiger partial charge in [0.15, 0.2) is 0 Å². The molecule has 0 N–H and O–H groups in total. The van der Waals surface area contributed by atoms with E-state index >= 15 is 0 Å². The third-order valence-electron chi connectivity index (χ3n) is 2.02. The van der Waals surface area contributed by atoms with Crippen molar-refractivity contribution < 1.29 is 4.79 Å². The van der Waals surface area contributed by atoms with Gasteiger partial charge in [0.2, 0.25) is 0 Å². The average molecular weight is 255 g/mol. The van der Waals surface area contributed by atoms with Crippen molar-refractivity contribution in [3.63, 3.8) is 0 Å². The third-order valence-corrected chi connectivity index (χ3v) is 4.76. The Morgan fingerprint density at radius 2 is 2.07 bits per heavy atom. The summed E-state index contributed by atoms with van der Waals surface area (Å²) in [6.45, 7) is 2.18. The third kappa shape index (κ3) is 4.08. The van der Waals surface area contributed by atoms with Crippen LogP contribution in [0.4, 0.5) is 0 Å². The molecule has 0 radical (unpaired) electrons. The molecule has 0 aliphatic heterocycles. The molecule has 1 unspecified atom stereocenters. The molecule has 0 bridgehead atoms. The fourth-order valence-electron chi connectivity index (χ4n) is 1.35. The molecule has 0 amide bonds. The molecular weight excluding hydrogens is 239 g/mol. The summed E-state index contributed by atoms with van der Waals surface area (Å²) in [4.78, 5) is 11.1. The number of hydrogen-bond acceptors (Lipinski definition) is 1. The van der Waals surface area contributed by atoms with E-state index in [0.717, 1.165) is 12.7 Å². The number of benzene rings is 1. The maximum absolute atomic E-state index is 10.5. The molecule has 0 aliphatic carbocycles. The van der Waals surface area contributed by atoms with Crippen molar-refractivity contribution in [2.45, 2.75) is 31.0 Å². The van der Waals surface area contributed by atoms with E-state index in [-0.39, 0.29) is 0 Å². The van der Waals surface area contributed by atoms with Gasteiger partial charge in [-0.15, -0.1) is 0 Å². The predicted octanol–water partition coefficient (Wildman–Crippen LogP) is 2.19. The zero-order chi connectivity index (χ0) is 10.2. The molecule has 0 aromatic heterocycles. The van der Waals surface area contributed by atoms with E-state index < -0.39 is 0 Å². The van der Waals surface area contributed by atoms with Crippen molar-refractivity contribution in [3.8, 4) is 0 Å². The Balaban J connectivity index is 2.50. The first kappa shape index (κ1) is 11.5. The summed E-state index contributed by atoms with van der Waals surface area (Å²) in [5.41, 5.74) is 0. The van der Waals surface area contributed by atoms with Gasteiger partial charge in [0.25, 0.3) is 0 Å². The molecular formula is C12H16OSe. The molecule has 1 nitrogen and oxygen atoms in total. The molecule has 0 fully saturated rings. The van der Waals surface area contributed by atoms with Gasteiger partial charge in [0.1, 0.15) is 0 Å². The zero-order valence-corrected chi connectivity index (χ0v) is 10.2. The first-order valence-corrected chi connectivity index (χ1v) is 6.86. The molecule has 0 saturated carbocycles. The van der Waals surface area contributed by atoms with Crippen molar-refractivity contribution in [3.05, 3.63) is 30.3 Å². The SMILES string of the molecule is CCCC(CC=O)[Se]c1ccccc1. The van der Waals surface area contributed by atoms with Crippen LogP contribution in [-0.2, 0) is 4.79 Å². The Morgan fingerprint density at radius 1 is 1.36 bits per heavy atom. The predicted molar refractivity (Wildman–Crippen MR) is 61.2 cm³/mol. The summed E-state index contributed by atoms with van der Waals surface area (Å²) in [5, 5.41) is 0. The van der Waals surface area contributed by atoms with E-state index in [1.807, 2.05) is 6.07 Å². The first-order valence-electron chi connectivity index (χ1n) is 5.02. The van der Waals surface area contributed by atoms with Crippen LogP contribution in [0.2, 0.25) is 4.82 Å². The van der Waals surface area contributed by atoms with Gasteiger partial charge in [-0.25, -0.2) is 0 Å². The van der Waals surface area contributed by atoms with Crippen LogP contribution in [-0.4, -0.2) is 21.2 Å². The average Bonchev–Trinajstić information content (AvgIpc) is 2.20. The molecule has 1 aromatic carbocycles. The van der Waals surface area contributed by atoms with Crippen molar-refractivity contribution >= 4 is 25.7 Å². The van der Waals surface area contributed by atoms with Gasteiger partial charge in [-0.05, 0) is 0 Å². The van der Waals surface area contributed by atoms with Gasteiger partial charge in [0, 0.05) is 0 Å². The molecule has 76 valence electrons. The van der Waals surface area contributed by atoms with Crippen molar-refractivity contribution in [2.75, 3.05) is 0 Å². The monoisotopic (exact) mass is 256 g/mol. The van der Waals surface area contributed by atoms with Crippen molar-refractivity contribution in [1.29, 1.82) is 0 Å². The number of carbonyl (C=O) groups is 1. The Morgan fingerprint density at radius 3 is 2.64 bits per heavy atom. The van der Waals surface area contributed by atoms with Crippen LogP contribution in [0.3, 0.4) is 0 Å². The van der Waals surface area contributed by atoms with Crippen LogP contribution in [0.15, 0.2) is 30.3 Å². The van der Waals surface area contributed by atoms with E-state index in [1.165, 1.54) is 17.3 Å². The Kier molecular flexibility index (Phi) is 5.58. The second-order valence-electron chi connectivity index (χ2n) is 3.24. The fourth-order valence-corrected chi connectivity index (χ4v) is 3.92. The molecule has 0 heterocycles. The van der Waals surface area contributed by atoms with Gasteiger partial charge in [-0.2, -0.15) is 0 Å². The van der Waals surface area contributed by atoms with Gasteiger partial charge < -0.3 is 0 Å². The molecule has 2 heteroatoms. The molecule has 0 aliphatic rings. The van der Waals surface area contributed by atoms with E-state index in [2.05, 4.69) is 31.2 Å². The summed E-state index contributed by atoms with van der Waals surface area (Å²) >= 11 is 0.457. The van der Waals surface area contributed by atoms with Crippen LogP contribution in [0, 0.1) is 0 Å². The molecule has 14 heavy (non-hydrogen) atoms. The minimum atomic E-state index is 0.457. The van der Waals surface area contributed by atoms with Crippen LogP contribution in [0.1, 0.15) is 26.2 Å². The van der Waals surface area contributed by atoms with Crippen molar-refractivity contribution in [2.24, 2.45) is 0 Å². The fraction of sp³-hybridized carbons (Fsp3) is 0.417. The van der Waals surface area contributed by atoms with Gasteiger partial charge in [-0.1, -0.05) is 0 Å². The summed E-state index contributed by atoms with van der Waals surface area (Å²) in [6.07, 6.45) is 4.13. The first-order chi connectivity index (χ1) is 6.86. The van der Waals surface area contributed by atoms with E-state index in [0.29, 0.717) is 19.8 Å². The number of hydrogen-bond donors (Lipinski definition) is 0. The number of carbonyl (C=O) groups excluding carboxylic acids is 1. The normalized spacial score (nSPS) is 12.4. The summed E-state index contributed by atoms with van der Waals surface area (Å²) < 4.78 is 1.40. The maximum atomic E-state index is 10.5. The Bertz CT molecular complexity index is 258. The summed E-state index contributed by atoms with van der Waals surface area (Å²) in [7, 11) is 0. The standard InChI is InChI=1S/C12H16OSe/c1-2-6-11(9-10-13)14-12-7-4-3-5-8-12/h3-5,7-8,10-11H,2,6,9H2,1H3. The number of aldehydes is 1. The van der Waals surface area contributed by atoms with E-state index in [9.17, 15) is 4.79 Å². The number of rotatable bonds is 6. The Hall–Kier alpha value is -0.591. The van der Waals surface area contributed by atoms with Gasteiger partial charge in [-0.3, -0.25) is 0 Å². The quantitative estimate of drug-likeness (QED) is 0.562. The van der Waals surface area contributed by atoms with Crippen LogP contribution in [0.5, 0.6) is 0 Å². The second-order valence-corrected chi connectivity index (χ2v) is 6.13. The second kappa shape index (κ2) is 6.80. The topological polar surface area (TPSA) is 17.1 Å². The summed E-state index contributed by atoms with van der Waals surface area (Å²) in [6, 6.07) is 10.5. The van der Waals surface area contributed by atoms with Crippen LogP contribution >= 0.6 is 0 Å². The summed E-state index contributed by atoms with van der Waals surface area (Å²) in [5.74, 6) is 0. The molecule has 0 saturated heterocycles. The van der Waals surface area contributed by atoms with Gasteiger partial charge in [0.05, 0.1) is 0 Å². The molecule has 1 rings (SSSR count). The minimum absolute atomic E-state index is 0.457. The van der Waals surface area contributed by atoms with E-state index in [1.54, 1.807) is 0 Å². The van der Waals surface area contributed by atoms with Crippen LogP contribution in [0.25, 0.3) is 0 Å². The zero-order valence-electron chi connectivity index (χ0n) is 8.48. The van der Waals surface area contributed by atoms with Crippen LogP contribution < -0.4 is 4.46 Å². The molecule has 0 spiro atoms. The molecule has 1 aromatic rings. The van der Waals surface area contributed by atoms with Gasteiger partial charge >= 0.3 is 91.8 Å². The van der Waals surface area contributed by atoms with E-state index in [4.69, 9.17) is 0 Å².